The van der Waals surface area contributed by atoms with Crippen molar-refractivity contribution >= 4 is 23.4 Å². The summed E-state index contributed by atoms with van der Waals surface area (Å²) >= 11 is 1.61. The molecule has 28 heavy (non-hydrogen) atoms. The van der Waals surface area contributed by atoms with Gasteiger partial charge in [0, 0.05) is 30.3 Å². The summed E-state index contributed by atoms with van der Waals surface area (Å²) in [5, 5.41) is 8.86. The average Bonchev–Trinajstić information content (AvgIpc) is 2.63. The molecule has 1 aliphatic heterocycles. The second kappa shape index (κ2) is 8.51. The first-order valence-corrected chi connectivity index (χ1v) is 9.41. The van der Waals surface area contributed by atoms with Crippen molar-refractivity contribution in [3.8, 4) is 6.07 Å². The maximum atomic E-state index is 13.2. The monoisotopic (exact) mass is 425 g/mol. The van der Waals surface area contributed by atoms with Gasteiger partial charge in [-0.1, -0.05) is 0 Å². The van der Waals surface area contributed by atoms with Gasteiger partial charge in [-0.25, -0.2) is 0 Å². The van der Waals surface area contributed by atoms with Gasteiger partial charge in [0.2, 0.25) is 5.91 Å². The van der Waals surface area contributed by atoms with E-state index in [0.29, 0.717) is 35.6 Å². The van der Waals surface area contributed by atoms with E-state index in [9.17, 15) is 31.1 Å². The second-order valence-corrected chi connectivity index (χ2v) is 7.42. The fraction of sp³-hybridized carbons (Fsp3) is 0.529. The number of amides is 1. The van der Waals surface area contributed by atoms with Gasteiger partial charge in [-0.05, 0) is 25.1 Å². The van der Waals surface area contributed by atoms with Crippen LogP contribution in [0.15, 0.2) is 18.2 Å². The minimum absolute atomic E-state index is 0.370. The minimum atomic E-state index is -4.91. The average molecular weight is 425 g/mol. The van der Waals surface area contributed by atoms with E-state index in [1.807, 2.05) is 0 Å². The van der Waals surface area contributed by atoms with Gasteiger partial charge in [0.05, 0.1) is 17.2 Å². The van der Waals surface area contributed by atoms with E-state index in [0.717, 1.165) is 12.1 Å². The van der Waals surface area contributed by atoms with Crippen molar-refractivity contribution < 1.29 is 31.1 Å². The molecular weight excluding hydrogens is 408 g/mol. The summed E-state index contributed by atoms with van der Waals surface area (Å²) in [6, 6.07) is 2.36. The molecule has 1 amide bonds. The molecule has 0 aliphatic carbocycles. The lowest BCUT2D eigenvalue weighted by Gasteiger charge is -2.36. The number of hydrogen-bond acceptors (Lipinski definition) is 4. The summed E-state index contributed by atoms with van der Waals surface area (Å²) in [6.07, 6.45) is -9.65. The molecule has 1 aromatic rings. The molecule has 0 radical (unpaired) electrons. The van der Waals surface area contributed by atoms with Crippen LogP contribution in [0.3, 0.4) is 0 Å². The van der Waals surface area contributed by atoms with Crippen LogP contribution in [0.1, 0.15) is 18.1 Å². The first-order valence-electron chi connectivity index (χ1n) is 8.25. The van der Waals surface area contributed by atoms with Crippen LogP contribution in [0.2, 0.25) is 0 Å². The molecule has 4 nitrogen and oxygen atoms in total. The molecule has 0 bridgehead atoms. The number of rotatable bonds is 4. The topological polar surface area (TPSA) is 47.3 Å². The van der Waals surface area contributed by atoms with Gasteiger partial charge in [-0.15, -0.1) is 0 Å². The van der Waals surface area contributed by atoms with Gasteiger partial charge in [-0.3, -0.25) is 4.79 Å². The molecule has 0 N–H and O–H groups in total. The third-order valence-electron chi connectivity index (χ3n) is 4.26. The Labute approximate surface area is 162 Å². The molecule has 0 aromatic heterocycles. The molecule has 0 spiro atoms. The molecule has 11 heteroatoms. The van der Waals surface area contributed by atoms with Crippen molar-refractivity contribution in [2.45, 2.75) is 25.3 Å². The highest BCUT2D eigenvalue weighted by Gasteiger charge is 2.39. The van der Waals surface area contributed by atoms with Gasteiger partial charge in [0.25, 0.3) is 0 Å². The van der Waals surface area contributed by atoms with Crippen molar-refractivity contribution in [1.82, 2.24) is 4.90 Å². The van der Waals surface area contributed by atoms with Crippen LogP contribution in [0.25, 0.3) is 0 Å². The molecule has 1 heterocycles. The molecule has 1 aromatic carbocycles. The van der Waals surface area contributed by atoms with E-state index < -0.39 is 47.7 Å². The Hall–Kier alpha value is -2.09. The van der Waals surface area contributed by atoms with Gasteiger partial charge in [0.1, 0.15) is 12.6 Å². The zero-order valence-corrected chi connectivity index (χ0v) is 15.6. The van der Waals surface area contributed by atoms with Crippen LogP contribution in [-0.4, -0.2) is 54.2 Å². The Morgan fingerprint density at radius 2 is 1.86 bits per heavy atom. The Morgan fingerprint density at radius 3 is 2.36 bits per heavy atom. The predicted molar refractivity (Wildman–Crippen MR) is 92.9 cm³/mol. The number of alkyl halides is 6. The second-order valence-electron chi connectivity index (χ2n) is 6.20. The van der Waals surface area contributed by atoms with Gasteiger partial charge < -0.3 is 9.80 Å². The van der Waals surface area contributed by atoms with Crippen LogP contribution in [-0.2, 0) is 11.0 Å². The molecule has 0 saturated carbocycles. The molecule has 1 aliphatic rings. The Bertz CT molecular complexity index is 753. The highest BCUT2D eigenvalue weighted by atomic mass is 32.2. The summed E-state index contributed by atoms with van der Waals surface area (Å²) in [5.41, 5.74) is -2.46. The SMILES string of the molecule is CC(C(=O)N1CCSCC1)N(CC(F)(F)F)c1ccc(C#N)c(C(F)(F)F)c1. The van der Waals surface area contributed by atoms with E-state index >= 15 is 0 Å². The number of carbonyl (C=O) groups is 1. The van der Waals surface area contributed by atoms with E-state index in [1.165, 1.54) is 17.9 Å². The third-order valence-corrected chi connectivity index (χ3v) is 5.20. The zero-order chi connectivity index (χ0) is 21.1. The van der Waals surface area contributed by atoms with Gasteiger partial charge >= 0.3 is 12.4 Å². The van der Waals surface area contributed by atoms with Crippen LogP contribution in [0.4, 0.5) is 32.0 Å². The van der Waals surface area contributed by atoms with Gasteiger partial charge in [-0.2, -0.15) is 43.4 Å². The fourth-order valence-corrected chi connectivity index (χ4v) is 3.77. The zero-order valence-electron chi connectivity index (χ0n) is 14.8. The molecule has 1 unspecified atom stereocenters. The molecule has 1 saturated heterocycles. The van der Waals surface area contributed by atoms with Crippen LogP contribution >= 0.6 is 11.8 Å². The number of thioether (sulfide) groups is 1. The van der Waals surface area contributed by atoms with E-state index in [-0.39, 0.29) is 0 Å². The lowest BCUT2D eigenvalue weighted by atomic mass is 10.1. The van der Waals surface area contributed by atoms with Crippen LogP contribution in [0.5, 0.6) is 0 Å². The van der Waals surface area contributed by atoms with Crippen molar-refractivity contribution in [3.05, 3.63) is 29.3 Å². The maximum Gasteiger partial charge on any atom is 0.417 e. The summed E-state index contributed by atoms with van der Waals surface area (Å²) in [6.45, 7) is 0.386. The normalized spacial score (nSPS) is 16.4. The first kappa shape index (κ1) is 22.2. The Balaban J connectivity index is 2.43. The predicted octanol–water partition coefficient (Wildman–Crippen LogP) is 3.91. The smallest absolute Gasteiger partial charge is 0.351 e. The molecule has 154 valence electrons. The first-order chi connectivity index (χ1) is 12.9. The molecule has 1 atom stereocenters. The minimum Gasteiger partial charge on any atom is -0.351 e. The molecule has 1 fully saturated rings. The largest absolute Gasteiger partial charge is 0.417 e. The number of anilines is 1. The number of nitrogens with zero attached hydrogens (tertiary/aromatic N) is 3. The van der Waals surface area contributed by atoms with Crippen molar-refractivity contribution in [2.75, 3.05) is 36.0 Å². The van der Waals surface area contributed by atoms with Crippen LogP contribution in [0, 0.1) is 11.3 Å². The summed E-state index contributed by atoms with van der Waals surface area (Å²) in [7, 11) is 0. The van der Waals surface area contributed by atoms with Crippen molar-refractivity contribution in [2.24, 2.45) is 0 Å². The quantitative estimate of drug-likeness (QED) is 0.687. The lowest BCUT2D eigenvalue weighted by Crippen LogP contribution is -2.52. The summed E-state index contributed by atoms with van der Waals surface area (Å²) in [4.78, 5) is 14.6. The highest BCUT2D eigenvalue weighted by molar-refractivity contribution is 7.99. The molecular formula is C17H17F6N3OS. The fourth-order valence-electron chi connectivity index (χ4n) is 2.87. The van der Waals surface area contributed by atoms with E-state index in [2.05, 4.69) is 0 Å². The molecule has 2 rings (SSSR count). The van der Waals surface area contributed by atoms with Crippen molar-refractivity contribution in [1.29, 1.82) is 5.26 Å². The number of hydrogen-bond donors (Lipinski definition) is 0. The van der Waals surface area contributed by atoms with Gasteiger partial charge in [0.15, 0.2) is 0 Å². The highest BCUT2D eigenvalue weighted by Crippen LogP contribution is 2.35. The number of nitriles is 1. The number of halogens is 6. The number of benzene rings is 1. The standard InChI is InChI=1S/C17H17F6N3OS/c1-11(15(27)25-4-6-28-7-5-25)26(10-16(18,19)20)13-3-2-12(9-24)14(8-13)17(21,22)23/h2-3,8,11H,4-7,10H2,1H3. The Kier molecular flexibility index (Phi) is 6.75. The van der Waals surface area contributed by atoms with E-state index in [1.54, 1.807) is 11.8 Å². The summed E-state index contributed by atoms with van der Waals surface area (Å²) < 4.78 is 78.9. The summed E-state index contributed by atoms with van der Waals surface area (Å²) in [5.74, 6) is 0.710. The Morgan fingerprint density at radius 1 is 1.25 bits per heavy atom. The maximum absolute atomic E-state index is 13.2. The van der Waals surface area contributed by atoms with Crippen molar-refractivity contribution in [3.63, 3.8) is 0 Å². The van der Waals surface area contributed by atoms with E-state index in [4.69, 9.17) is 5.26 Å². The van der Waals surface area contributed by atoms with Crippen LogP contribution < -0.4 is 4.90 Å². The third kappa shape index (κ3) is 5.47. The number of carbonyl (C=O) groups excluding carboxylic acids is 1. The lowest BCUT2D eigenvalue weighted by molar-refractivity contribution is -0.137.